The van der Waals surface area contributed by atoms with Gasteiger partial charge in [-0.3, -0.25) is 9.59 Å². The Morgan fingerprint density at radius 1 is 0.525 bits per heavy atom. The number of ether oxygens (including phenoxy) is 3. The number of hydrogen-bond acceptors (Lipinski definition) is 6. The average Bonchev–Trinajstić information content (AvgIpc) is 3.19. The standard InChI is InChI=1S/C51H85NO7/c1-6-8-10-12-14-16-18-20-21-22-23-24-25-26-27-28-30-31-33-35-37-39-41-49(53)58-46-47(45-57-44-43-48(51(55)56)52(3,4)5)59-50(54)42-40-38-36-34-32-29-19-17-15-13-11-9-7-2/h8-11,13-17,19-21,23-24,47-48H,6-7,12,18,22,25-46H2,1-5H3/p+1/b10-8+,11-9+,15-13+,16-14+,19-17+,21-20+,24-23+. The van der Waals surface area contributed by atoms with Crippen LogP contribution in [-0.2, 0) is 28.6 Å². The van der Waals surface area contributed by atoms with Crippen molar-refractivity contribution in [3.05, 3.63) is 85.1 Å². The number of unbranched alkanes of at least 4 members (excludes halogenated alkanes) is 14. The molecule has 0 rings (SSSR count). The minimum absolute atomic E-state index is 0.0462. The first-order chi connectivity index (χ1) is 28.6. The Morgan fingerprint density at radius 3 is 1.51 bits per heavy atom. The van der Waals surface area contributed by atoms with E-state index in [1.54, 1.807) is 0 Å². The zero-order chi connectivity index (χ0) is 43.5. The third kappa shape index (κ3) is 39.7. The van der Waals surface area contributed by atoms with Crippen LogP contribution in [-0.4, -0.2) is 80.6 Å². The number of nitrogens with zero attached hydrogens (tertiary/aromatic N) is 1. The quantitative estimate of drug-likeness (QED) is 0.0216. The van der Waals surface area contributed by atoms with Gasteiger partial charge in [0, 0.05) is 19.3 Å². The van der Waals surface area contributed by atoms with E-state index < -0.39 is 18.1 Å². The maximum absolute atomic E-state index is 12.7. The molecule has 0 aromatic heterocycles. The Kier molecular flexibility index (Phi) is 38.8. The first-order valence-corrected chi connectivity index (χ1v) is 23.2. The Labute approximate surface area is 361 Å². The van der Waals surface area contributed by atoms with Gasteiger partial charge in [0.25, 0.3) is 0 Å². The highest BCUT2D eigenvalue weighted by Gasteiger charge is 2.31. The largest absolute Gasteiger partial charge is 0.477 e. The smallest absolute Gasteiger partial charge is 0.362 e. The molecule has 0 aromatic rings. The summed E-state index contributed by atoms with van der Waals surface area (Å²) in [7, 11) is 5.51. The first kappa shape index (κ1) is 55.5. The van der Waals surface area contributed by atoms with Crippen molar-refractivity contribution in [3.8, 4) is 0 Å². The SMILES string of the molecule is CC/C=C/C=C/C=C/CCCCCCCC(=O)OC(COCCC(C(=O)O)[N+](C)(C)C)COC(=O)CCCCCCCCCCC/C=C/C/C=C/C/C=C/C/C=C/CC. The van der Waals surface area contributed by atoms with E-state index in [2.05, 4.69) is 92.8 Å². The molecular formula is C51H86NO7+. The third-order valence-corrected chi connectivity index (χ3v) is 9.85. The van der Waals surface area contributed by atoms with Gasteiger partial charge in [-0.1, -0.05) is 163 Å². The fourth-order valence-corrected chi connectivity index (χ4v) is 6.32. The number of allylic oxidation sites excluding steroid dienone is 14. The van der Waals surface area contributed by atoms with Crippen LogP contribution in [0, 0.1) is 0 Å². The topological polar surface area (TPSA) is 99.1 Å². The molecule has 0 aliphatic rings. The fraction of sp³-hybridized carbons (Fsp3) is 0.667. The summed E-state index contributed by atoms with van der Waals surface area (Å²) in [6, 6.07) is -0.623. The summed E-state index contributed by atoms with van der Waals surface area (Å²) in [5.74, 6) is -1.51. The molecule has 336 valence electrons. The third-order valence-electron chi connectivity index (χ3n) is 9.85. The number of rotatable bonds is 40. The van der Waals surface area contributed by atoms with Crippen LogP contribution in [0.1, 0.15) is 168 Å². The highest BCUT2D eigenvalue weighted by Crippen LogP contribution is 2.14. The minimum atomic E-state index is -0.883. The van der Waals surface area contributed by atoms with Crippen LogP contribution >= 0.6 is 0 Å². The van der Waals surface area contributed by atoms with Crippen LogP contribution in [0.4, 0.5) is 0 Å². The number of hydrogen-bond donors (Lipinski definition) is 1. The predicted octanol–water partition coefficient (Wildman–Crippen LogP) is 12.9. The molecule has 0 bridgehead atoms. The van der Waals surface area contributed by atoms with Crippen LogP contribution < -0.4 is 0 Å². The molecule has 0 heterocycles. The van der Waals surface area contributed by atoms with Crippen molar-refractivity contribution in [2.45, 2.75) is 180 Å². The van der Waals surface area contributed by atoms with Gasteiger partial charge in [0.2, 0.25) is 0 Å². The lowest BCUT2D eigenvalue weighted by Crippen LogP contribution is -2.50. The molecule has 0 aliphatic heterocycles. The summed E-state index contributed by atoms with van der Waals surface area (Å²) in [5.41, 5.74) is 0. The second-order valence-electron chi connectivity index (χ2n) is 16.3. The number of likely N-dealkylation sites (N-methyl/N-ethyl adjacent to an activating group) is 1. The Hall–Kier alpha value is -3.49. The van der Waals surface area contributed by atoms with E-state index in [-0.39, 0.29) is 36.2 Å². The Balaban J connectivity index is 4.29. The molecule has 0 saturated heterocycles. The zero-order valence-electron chi connectivity index (χ0n) is 38.2. The van der Waals surface area contributed by atoms with Gasteiger partial charge in [-0.15, -0.1) is 0 Å². The number of carbonyl (C=O) groups excluding carboxylic acids is 2. The lowest BCUT2D eigenvalue weighted by Gasteiger charge is -2.31. The summed E-state index contributed by atoms with van der Waals surface area (Å²) in [5, 5.41) is 9.63. The molecule has 8 heteroatoms. The minimum Gasteiger partial charge on any atom is -0.477 e. The van der Waals surface area contributed by atoms with E-state index in [9.17, 15) is 19.5 Å². The van der Waals surface area contributed by atoms with Gasteiger partial charge in [-0.05, 0) is 70.6 Å². The van der Waals surface area contributed by atoms with E-state index in [1.165, 1.54) is 38.5 Å². The molecule has 0 aromatic carbocycles. The second-order valence-corrected chi connectivity index (χ2v) is 16.3. The van der Waals surface area contributed by atoms with Crippen molar-refractivity contribution in [1.29, 1.82) is 0 Å². The summed E-state index contributed by atoms with van der Waals surface area (Å²) in [4.78, 5) is 37.0. The number of carboxylic acids is 1. The highest BCUT2D eigenvalue weighted by molar-refractivity contribution is 5.72. The van der Waals surface area contributed by atoms with Crippen LogP contribution in [0.5, 0.6) is 0 Å². The van der Waals surface area contributed by atoms with Crippen LogP contribution in [0.2, 0.25) is 0 Å². The number of aliphatic carboxylic acids is 1. The molecule has 59 heavy (non-hydrogen) atoms. The van der Waals surface area contributed by atoms with E-state index >= 15 is 0 Å². The molecule has 0 fully saturated rings. The molecule has 0 saturated carbocycles. The molecule has 2 unspecified atom stereocenters. The molecule has 0 spiro atoms. The lowest BCUT2D eigenvalue weighted by molar-refractivity contribution is -0.887. The van der Waals surface area contributed by atoms with E-state index in [4.69, 9.17) is 14.2 Å². The number of carbonyl (C=O) groups is 3. The molecular weight excluding hydrogens is 739 g/mol. The summed E-state index contributed by atoms with van der Waals surface area (Å²) in [6.07, 6.45) is 53.4. The molecule has 8 nitrogen and oxygen atoms in total. The Morgan fingerprint density at radius 2 is 0.983 bits per heavy atom. The van der Waals surface area contributed by atoms with E-state index in [0.717, 1.165) is 96.3 Å². The van der Waals surface area contributed by atoms with Crippen LogP contribution in [0.3, 0.4) is 0 Å². The second kappa shape index (κ2) is 41.3. The van der Waals surface area contributed by atoms with Gasteiger partial charge in [0.1, 0.15) is 6.61 Å². The highest BCUT2D eigenvalue weighted by atomic mass is 16.6. The average molecular weight is 825 g/mol. The zero-order valence-corrected chi connectivity index (χ0v) is 38.2. The number of quaternary nitrogens is 1. The summed E-state index contributed by atoms with van der Waals surface area (Å²) >= 11 is 0. The maximum atomic E-state index is 12.7. The van der Waals surface area contributed by atoms with Crippen molar-refractivity contribution >= 4 is 17.9 Å². The van der Waals surface area contributed by atoms with Crippen LogP contribution in [0.25, 0.3) is 0 Å². The fourth-order valence-electron chi connectivity index (χ4n) is 6.32. The van der Waals surface area contributed by atoms with Crippen molar-refractivity contribution in [2.24, 2.45) is 0 Å². The Bertz CT molecular complexity index is 1240. The van der Waals surface area contributed by atoms with Crippen molar-refractivity contribution in [1.82, 2.24) is 0 Å². The normalized spacial score (nSPS) is 13.7. The summed E-state index contributed by atoms with van der Waals surface area (Å²) < 4.78 is 17.3. The lowest BCUT2D eigenvalue weighted by atomic mass is 10.1. The predicted molar refractivity (Wildman–Crippen MR) is 247 cm³/mol. The van der Waals surface area contributed by atoms with Gasteiger partial charge in [-0.2, -0.15) is 0 Å². The van der Waals surface area contributed by atoms with Gasteiger partial charge >= 0.3 is 17.9 Å². The number of carboxylic acid groups (broad SMARTS) is 1. The van der Waals surface area contributed by atoms with E-state index in [1.807, 2.05) is 27.2 Å². The van der Waals surface area contributed by atoms with Crippen LogP contribution in [0.15, 0.2) is 85.1 Å². The van der Waals surface area contributed by atoms with Crippen molar-refractivity contribution < 1.29 is 38.2 Å². The molecule has 0 amide bonds. The van der Waals surface area contributed by atoms with Gasteiger partial charge in [-0.25, -0.2) is 4.79 Å². The molecule has 2 atom stereocenters. The van der Waals surface area contributed by atoms with Gasteiger partial charge in [0.05, 0.1) is 34.4 Å². The summed E-state index contributed by atoms with van der Waals surface area (Å²) in [6.45, 7) is 4.45. The molecule has 0 radical (unpaired) electrons. The van der Waals surface area contributed by atoms with Crippen molar-refractivity contribution in [2.75, 3.05) is 41.0 Å². The monoisotopic (exact) mass is 825 g/mol. The van der Waals surface area contributed by atoms with Crippen molar-refractivity contribution in [3.63, 3.8) is 0 Å². The molecule has 1 N–H and O–H groups in total. The maximum Gasteiger partial charge on any atom is 0.362 e. The van der Waals surface area contributed by atoms with Gasteiger partial charge in [0.15, 0.2) is 12.1 Å². The number of esters is 2. The first-order valence-electron chi connectivity index (χ1n) is 23.2. The molecule has 0 aliphatic carbocycles. The van der Waals surface area contributed by atoms with Gasteiger partial charge < -0.3 is 23.8 Å². The van der Waals surface area contributed by atoms with E-state index in [0.29, 0.717) is 19.3 Å².